The molecule has 2 aliphatic rings. The highest BCUT2D eigenvalue weighted by Gasteiger charge is 2.42. The van der Waals surface area contributed by atoms with Crippen molar-refractivity contribution in [3.63, 3.8) is 0 Å². The van der Waals surface area contributed by atoms with Gasteiger partial charge in [0.25, 0.3) is 0 Å². The number of likely N-dealkylation sites (tertiary alicyclic amines) is 2. The number of thiophene rings is 1. The fourth-order valence-electron chi connectivity index (χ4n) is 8.23. The second-order valence-corrected chi connectivity index (χ2v) is 17.2. The van der Waals surface area contributed by atoms with E-state index in [9.17, 15) is 19.2 Å². The molecule has 0 unspecified atom stereocenters. The third kappa shape index (κ3) is 7.94. The van der Waals surface area contributed by atoms with Gasteiger partial charge in [-0.3, -0.25) is 9.59 Å². The van der Waals surface area contributed by atoms with Crippen LogP contribution >= 0.6 is 11.3 Å². The Bertz CT molecular complexity index is 2250. The maximum absolute atomic E-state index is 13.8. The number of methoxy groups -OCH3 is 2. The average Bonchev–Trinajstić information content (AvgIpc) is 4.02. The highest BCUT2D eigenvalue weighted by molar-refractivity contribution is 7.21. The van der Waals surface area contributed by atoms with Crippen molar-refractivity contribution < 1.29 is 28.7 Å². The molecule has 0 bridgehead atoms. The number of alkyl carbamates (subject to hydrolysis) is 2. The van der Waals surface area contributed by atoms with Gasteiger partial charge in [0.2, 0.25) is 11.8 Å². The number of amides is 4. The SMILES string of the molecule is COC(=O)N[C@H](C(=O)N1C[C@@H](C)C[C@H]1c1nc2sc(-c3ccc(-c4ccc5nc([C@@H]6CC[C@H](C)N6C(=O)[C@H](NC(=O)OC)C(C)C)[nH]c5c4)cc3)cc2[nH]1)C(C)C. The molecule has 2 saturated heterocycles. The zero-order valence-electron chi connectivity index (χ0n) is 33.7. The van der Waals surface area contributed by atoms with Crippen LogP contribution in [0, 0.1) is 17.8 Å². The molecule has 5 aromatic rings. The summed E-state index contributed by atoms with van der Waals surface area (Å²) in [6, 6.07) is 14.8. The minimum Gasteiger partial charge on any atom is -0.453 e. The number of benzene rings is 2. The van der Waals surface area contributed by atoms with Crippen molar-refractivity contribution in [2.75, 3.05) is 20.8 Å². The number of aromatic amines is 2. The average molecular weight is 797 g/mol. The monoisotopic (exact) mass is 796 g/mol. The molecule has 6 atom stereocenters. The third-order valence-electron chi connectivity index (χ3n) is 11.3. The molecule has 57 heavy (non-hydrogen) atoms. The van der Waals surface area contributed by atoms with Crippen LogP contribution in [0.15, 0.2) is 48.5 Å². The lowest BCUT2D eigenvalue weighted by molar-refractivity contribution is -0.137. The quantitative estimate of drug-likeness (QED) is 0.112. The molecule has 3 aromatic heterocycles. The minimum atomic E-state index is -0.706. The molecule has 15 heteroatoms. The van der Waals surface area contributed by atoms with Gasteiger partial charge in [0.05, 0.1) is 42.9 Å². The van der Waals surface area contributed by atoms with E-state index in [0.29, 0.717) is 6.54 Å². The molecule has 2 fully saturated rings. The smallest absolute Gasteiger partial charge is 0.407 e. The summed E-state index contributed by atoms with van der Waals surface area (Å²) in [6.07, 6.45) is 1.14. The van der Waals surface area contributed by atoms with Gasteiger partial charge in [-0.15, -0.1) is 11.3 Å². The Morgan fingerprint density at radius 3 is 1.98 bits per heavy atom. The summed E-state index contributed by atoms with van der Waals surface area (Å²) in [4.78, 5) is 74.2. The molecule has 0 spiro atoms. The zero-order chi connectivity index (χ0) is 40.7. The van der Waals surface area contributed by atoms with Gasteiger partial charge < -0.3 is 39.9 Å². The Kier molecular flexibility index (Phi) is 11.3. The van der Waals surface area contributed by atoms with Crippen LogP contribution in [0.4, 0.5) is 9.59 Å². The first-order chi connectivity index (χ1) is 27.3. The van der Waals surface area contributed by atoms with E-state index in [1.165, 1.54) is 14.2 Å². The van der Waals surface area contributed by atoms with Gasteiger partial charge in [0, 0.05) is 17.5 Å². The topological polar surface area (TPSA) is 175 Å². The van der Waals surface area contributed by atoms with Crippen molar-refractivity contribution in [1.82, 2.24) is 40.4 Å². The van der Waals surface area contributed by atoms with Gasteiger partial charge in [-0.2, -0.15) is 0 Å². The van der Waals surface area contributed by atoms with Crippen molar-refractivity contribution in [3.05, 3.63) is 60.2 Å². The van der Waals surface area contributed by atoms with Gasteiger partial charge in [-0.05, 0) is 78.8 Å². The van der Waals surface area contributed by atoms with Crippen LogP contribution in [0.3, 0.4) is 0 Å². The molecule has 302 valence electrons. The Labute approximate surface area is 336 Å². The number of carbonyl (C=O) groups excluding carboxylic acids is 4. The first kappa shape index (κ1) is 39.8. The van der Waals surface area contributed by atoms with Crippen molar-refractivity contribution in [2.45, 2.75) is 91.0 Å². The number of imidazole rings is 2. The van der Waals surface area contributed by atoms with Crippen molar-refractivity contribution in [1.29, 1.82) is 0 Å². The summed E-state index contributed by atoms with van der Waals surface area (Å²) in [6.45, 7) is 12.4. The molecule has 2 aliphatic heterocycles. The number of aromatic nitrogens is 4. The van der Waals surface area contributed by atoms with Gasteiger partial charge in [0.15, 0.2) is 0 Å². The summed E-state index contributed by atoms with van der Waals surface area (Å²) in [5, 5.41) is 5.44. The summed E-state index contributed by atoms with van der Waals surface area (Å²) in [7, 11) is 2.59. The van der Waals surface area contributed by atoms with E-state index in [1.807, 2.05) is 50.5 Å². The van der Waals surface area contributed by atoms with Crippen LogP contribution in [0.25, 0.3) is 42.9 Å². The number of carbonyl (C=O) groups is 4. The number of nitrogens with zero attached hydrogens (tertiary/aromatic N) is 4. The highest BCUT2D eigenvalue weighted by Crippen LogP contribution is 2.40. The first-order valence-corrected chi connectivity index (χ1v) is 20.5. The lowest BCUT2D eigenvalue weighted by atomic mass is 10.0. The van der Waals surface area contributed by atoms with E-state index < -0.39 is 24.3 Å². The maximum Gasteiger partial charge on any atom is 0.407 e. The molecule has 0 aliphatic carbocycles. The Morgan fingerprint density at radius 1 is 0.754 bits per heavy atom. The molecule has 2 aromatic carbocycles. The van der Waals surface area contributed by atoms with Crippen LogP contribution in [0.5, 0.6) is 0 Å². The molecular formula is C42H52N8O6S. The lowest BCUT2D eigenvalue weighted by Crippen LogP contribution is -2.52. The Balaban J connectivity index is 1.06. The number of ether oxygens (including phenoxy) is 2. The van der Waals surface area contributed by atoms with Crippen LogP contribution < -0.4 is 10.6 Å². The van der Waals surface area contributed by atoms with E-state index in [2.05, 4.69) is 70.0 Å². The Hall–Kier alpha value is -5.44. The molecule has 5 heterocycles. The third-order valence-corrected chi connectivity index (χ3v) is 12.4. The predicted octanol–water partition coefficient (Wildman–Crippen LogP) is 7.56. The first-order valence-electron chi connectivity index (χ1n) is 19.7. The normalized spacial score (nSPS) is 20.7. The predicted molar refractivity (Wildman–Crippen MR) is 219 cm³/mol. The zero-order valence-corrected chi connectivity index (χ0v) is 34.5. The van der Waals surface area contributed by atoms with Gasteiger partial charge in [-0.1, -0.05) is 65.0 Å². The number of hydrogen-bond donors (Lipinski definition) is 4. The van der Waals surface area contributed by atoms with Crippen molar-refractivity contribution >= 4 is 56.7 Å². The number of rotatable bonds is 10. The number of hydrogen-bond acceptors (Lipinski definition) is 9. The van der Waals surface area contributed by atoms with E-state index in [0.717, 1.165) is 73.9 Å². The molecule has 4 N–H and O–H groups in total. The van der Waals surface area contributed by atoms with Gasteiger partial charge >= 0.3 is 12.2 Å². The molecule has 14 nitrogen and oxygen atoms in total. The standard InChI is InChI=1S/C42H52N8O6S/c1-21(2)34(46-41(53)55-7)39(51)49-20-23(5)17-32(49)37-45-30-19-33(57-38(30)48-37)26-12-10-25(11-13-26)27-14-15-28-29(18-27)44-36(43-28)31-16-9-24(6)50(31)40(52)35(22(3)4)47-42(54)56-8/h10-15,18-19,21-24,31-32,34-35H,9,16-17,20H2,1-8H3,(H,43,44)(H,45,48)(H,46,53)(H,47,54)/t23-,24-,31-,32-,34-,35+/m0/s1. The van der Waals surface area contributed by atoms with Crippen LogP contribution in [0.2, 0.25) is 0 Å². The van der Waals surface area contributed by atoms with Gasteiger partial charge in [-0.25, -0.2) is 19.6 Å². The van der Waals surface area contributed by atoms with E-state index in [-0.39, 0.29) is 47.7 Å². The fourth-order valence-corrected chi connectivity index (χ4v) is 9.24. The summed E-state index contributed by atoms with van der Waals surface area (Å²) in [5.41, 5.74) is 5.80. The second-order valence-electron chi connectivity index (χ2n) is 16.1. The fraction of sp³-hybridized carbons (Fsp3) is 0.476. The summed E-state index contributed by atoms with van der Waals surface area (Å²) >= 11 is 1.60. The van der Waals surface area contributed by atoms with E-state index in [4.69, 9.17) is 19.4 Å². The van der Waals surface area contributed by atoms with Crippen molar-refractivity contribution in [3.8, 4) is 21.6 Å². The summed E-state index contributed by atoms with van der Waals surface area (Å²) < 4.78 is 9.58. The van der Waals surface area contributed by atoms with Crippen LogP contribution in [-0.4, -0.2) is 92.6 Å². The largest absolute Gasteiger partial charge is 0.453 e. The Morgan fingerprint density at radius 2 is 1.35 bits per heavy atom. The van der Waals surface area contributed by atoms with Crippen LogP contribution in [-0.2, 0) is 19.1 Å². The summed E-state index contributed by atoms with van der Waals surface area (Å²) in [5.74, 6) is 1.28. The molecule has 7 rings (SSSR count). The molecular weight excluding hydrogens is 745 g/mol. The van der Waals surface area contributed by atoms with Crippen LogP contribution in [0.1, 0.15) is 84.5 Å². The minimum absolute atomic E-state index is 0.00219. The van der Waals surface area contributed by atoms with E-state index in [1.54, 1.807) is 11.3 Å². The molecule has 0 radical (unpaired) electrons. The molecule has 4 amide bonds. The number of nitrogens with one attached hydrogen (secondary N) is 4. The molecule has 0 saturated carbocycles. The maximum atomic E-state index is 13.8. The van der Waals surface area contributed by atoms with E-state index >= 15 is 0 Å². The lowest BCUT2D eigenvalue weighted by Gasteiger charge is -2.32. The van der Waals surface area contributed by atoms with Crippen molar-refractivity contribution in [2.24, 2.45) is 17.8 Å². The number of H-pyrrole nitrogens is 2. The van der Waals surface area contributed by atoms with Gasteiger partial charge in [0.1, 0.15) is 28.6 Å². The second kappa shape index (κ2) is 16.2. The number of fused-ring (bicyclic) bond motifs is 2. The highest BCUT2D eigenvalue weighted by atomic mass is 32.1.